The van der Waals surface area contributed by atoms with Crippen LogP contribution in [0.3, 0.4) is 0 Å². The van der Waals surface area contributed by atoms with Crippen molar-refractivity contribution in [2.45, 2.75) is 45.8 Å². The van der Waals surface area contributed by atoms with Gasteiger partial charge in [0.15, 0.2) is 0 Å². The molecule has 1 fully saturated rings. The van der Waals surface area contributed by atoms with Crippen LogP contribution in [-0.4, -0.2) is 75.1 Å². The molecule has 5 rings (SSSR count). The van der Waals surface area contributed by atoms with Gasteiger partial charge in [-0.15, -0.1) is 11.3 Å². The smallest absolute Gasteiger partial charge is 0.263 e. The number of aromatic nitrogens is 4. The number of hydrogen-bond acceptors (Lipinski definition) is 8. The van der Waals surface area contributed by atoms with Gasteiger partial charge >= 0.3 is 0 Å². The molecule has 1 saturated heterocycles. The van der Waals surface area contributed by atoms with Gasteiger partial charge < -0.3 is 19.5 Å². The molecule has 0 radical (unpaired) electrons. The number of rotatable bonds is 9. The summed E-state index contributed by atoms with van der Waals surface area (Å²) in [5.41, 5.74) is 3.41. The van der Waals surface area contributed by atoms with Crippen LogP contribution in [0.25, 0.3) is 10.2 Å². The lowest BCUT2D eigenvalue weighted by Gasteiger charge is -2.33. The number of imidazole rings is 1. The van der Waals surface area contributed by atoms with Gasteiger partial charge in [0, 0.05) is 57.7 Å². The van der Waals surface area contributed by atoms with E-state index >= 15 is 0 Å². The van der Waals surface area contributed by atoms with Crippen LogP contribution < -0.4 is 10.1 Å². The lowest BCUT2D eigenvalue weighted by atomic mass is 10.0. The molecular formula is C28H35N7O2S. The van der Waals surface area contributed by atoms with Crippen molar-refractivity contribution >= 4 is 33.3 Å². The van der Waals surface area contributed by atoms with Gasteiger partial charge in [0.05, 0.1) is 29.7 Å². The molecule has 1 aliphatic heterocycles. The topological polar surface area (TPSA) is 88.4 Å². The van der Waals surface area contributed by atoms with Crippen molar-refractivity contribution in [1.29, 1.82) is 0 Å². The summed E-state index contributed by atoms with van der Waals surface area (Å²) in [7, 11) is 3.55. The van der Waals surface area contributed by atoms with Crippen molar-refractivity contribution in [3.05, 3.63) is 64.8 Å². The summed E-state index contributed by atoms with van der Waals surface area (Å²) >= 11 is 1.44. The lowest BCUT2D eigenvalue weighted by molar-refractivity contribution is 0.0831. The number of benzene rings is 1. The molecule has 0 unspecified atom stereocenters. The number of anilines is 1. The van der Waals surface area contributed by atoms with Crippen molar-refractivity contribution < 1.29 is 9.53 Å². The van der Waals surface area contributed by atoms with E-state index in [0.717, 1.165) is 71.2 Å². The van der Waals surface area contributed by atoms with Crippen LogP contribution in [0.4, 0.5) is 5.82 Å². The minimum Gasteiger partial charge on any atom is -0.494 e. The van der Waals surface area contributed by atoms with Gasteiger partial charge in [0.2, 0.25) is 0 Å². The number of aryl methyl sites for hydroxylation is 1. The van der Waals surface area contributed by atoms with Crippen molar-refractivity contribution in [3.63, 3.8) is 0 Å². The Hall–Kier alpha value is -3.50. The zero-order chi connectivity index (χ0) is 26.6. The van der Waals surface area contributed by atoms with Gasteiger partial charge in [-0.05, 0) is 49.9 Å². The zero-order valence-electron chi connectivity index (χ0n) is 22.5. The van der Waals surface area contributed by atoms with Gasteiger partial charge in [0.1, 0.15) is 22.7 Å². The number of likely N-dealkylation sites (tertiary alicyclic amines) is 1. The maximum absolute atomic E-state index is 12.6. The molecule has 0 saturated carbocycles. The standard InChI is InChI=1S/C28H35N7O2S/c1-5-37-23-7-6-20(14-21(23)16-35-13-10-29-18-35)15-34-11-8-22(9-12-34)32-26-24-19(2)25(28(36)33(3)4)38-27(24)31-17-30-26/h6-7,10,13-14,17-18,22H,5,8-9,11-12,15-16H2,1-4H3,(H,30,31,32). The third-order valence-electron chi connectivity index (χ3n) is 7.00. The fourth-order valence-corrected chi connectivity index (χ4v) is 6.17. The Kier molecular flexibility index (Phi) is 7.90. The number of carbonyl (C=O) groups is 1. The Bertz CT molecular complexity index is 1390. The number of fused-ring (bicyclic) bond motifs is 1. The summed E-state index contributed by atoms with van der Waals surface area (Å²) in [6, 6.07) is 6.86. The van der Waals surface area contributed by atoms with E-state index in [1.54, 1.807) is 31.5 Å². The second kappa shape index (κ2) is 11.5. The quantitative estimate of drug-likeness (QED) is 0.341. The molecule has 4 aromatic rings. The normalized spacial score (nSPS) is 14.6. The number of thiophene rings is 1. The van der Waals surface area contributed by atoms with E-state index in [1.165, 1.54) is 22.5 Å². The molecule has 3 aromatic heterocycles. The van der Waals surface area contributed by atoms with E-state index in [4.69, 9.17) is 4.74 Å². The van der Waals surface area contributed by atoms with Gasteiger partial charge in [-0.25, -0.2) is 15.0 Å². The summed E-state index contributed by atoms with van der Waals surface area (Å²) < 4.78 is 7.95. The first-order chi connectivity index (χ1) is 18.4. The Balaban J connectivity index is 1.23. The zero-order valence-corrected chi connectivity index (χ0v) is 23.3. The Labute approximate surface area is 227 Å². The first-order valence-corrected chi connectivity index (χ1v) is 13.9. The Morgan fingerprint density at radius 3 is 2.74 bits per heavy atom. The molecule has 1 N–H and O–H groups in total. The summed E-state index contributed by atoms with van der Waals surface area (Å²) in [5, 5.41) is 4.63. The van der Waals surface area contributed by atoms with Crippen molar-refractivity contribution in [2.24, 2.45) is 0 Å². The lowest BCUT2D eigenvalue weighted by Crippen LogP contribution is -2.38. The van der Waals surface area contributed by atoms with Crippen LogP contribution in [-0.2, 0) is 13.1 Å². The van der Waals surface area contributed by atoms with Gasteiger partial charge in [-0.3, -0.25) is 9.69 Å². The van der Waals surface area contributed by atoms with Crippen LogP contribution in [0.5, 0.6) is 5.75 Å². The molecule has 1 amide bonds. The summed E-state index contributed by atoms with van der Waals surface area (Å²) in [5.74, 6) is 1.77. The minimum atomic E-state index is 0.00670. The van der Waals surface area contributed by atoms with Gasteiger partial charge in [0.25, 0.3) is 5.91 Å². The van der Waals surface area contributed by atoms with E-state index in [0.29, 0.717) is 12.6 Å². The molecule has 10 heteroatoms. The van der Waals surface area contributed by atoms with E-state index in [2.05, 4.69) is 47.9 Å². The number of carbonyl (C=O) groups excluding carboxylic acids is 1. The largest absolute Gasteiger partial charge is 0.494 e. The highest BCUT2D eigenvalue weighted by Gasteiger charge is 2.24. The number of amides is 1. The number of piperidine rings is 1. The minimum absolute atomic E-state index is 0.00670. The first kappa shape index (κ1) is 26.1. The predicted octanol–water partition coefficient (Wildman–Crippen LogP) is 4.42. The van der Waals surface area contributed by atoms with E-state index in [9.17, 15) is 4.79 Å². The van der Waals surface area contributed by atoms with Gasteiger partial charge in [-0.2, -0.15) is 0 Å². The summed E-state index contributed by atoms with van der Waals surface area (Å²) in [4.78, 5) is 31.5. The van der Waals surface area contributed by atoms with Crippen LogP contribution in [0.15, 0.2) is 43.2 Å². The number of nitrogens with one attached hydrogen (secondary N) is 1. The molecule has 0 aliphatic carbocycles. The second-order valence-electron chi connectivity index (χ2n) is 9.96. The molecule has 0 atom stereocenters. The maximum Gasteiger partial charge on any atom is 0.263 e. The maximum atomic E-state index is 12.6. The highest BCUT2D eigenvalue weighted by Crippen LogP contribution is 2.34. The molecular weight excluding hydrogens is 498 g/mol. The third-order valence-corrected chi connectivity index (χ3v) is 8.19. The van der Waals surface area contributed by atoms with Crippen LogP contribution >= 0.6 is 11.3 Å². The molecule has 4 heterocycles. The van der Waals surface area contributed by atoms with Crippen LogP contribution in [0.1, 0.15) is 46.1 Å². The SMILES string of the molecule is CCOc1ccc(CN2CCC(Nc3ncnc4sc(C(=O)N(C)C)c(C)c34)CC2)cc1Cn1ccnc1. The monoisotopic (exact) mass is 533 g/mol. The van der Waals surface area contributed by atoms with E-state index in [-0.39, 0.29) is 5.91 Å². The fourth-order valence-electron chi connectivity index (χ4n) is 5.00. The van der Waals surface area contributed by atoms with Crippen molar-refractivity contribution in [3.8, 4) is 5.75 Å². The first-order valence-electron chi connectivity index (χ1n) is 13.1. The predicted molar refractivity (Wildman–Crippen MR) is 151 cm³/mol. The molecule has 0 bridgehead atoms. The average Bonchev–Trinajstić information content (AvgIpc) is 3.54. The average molecular weight is 534 g/mol. The molecule has 1 aliphatic rings. The molecule has 0 spiro atoms. The van der Waals surface area contributed by atoms with Crippen LogP contribution in [0.2, 0.25) is 0 Å². The molecule has 1 aromatic carbocycles. The number of nitrogens with zero attached hydrogens (tertiary/aromatic N) is 6. The molecule has 200 valence electrons. The van der Waals surface area contributed by atoms with Crippen molar-refractivity contribution in [2.75, 3.05) is 39.1 Å². The number of hydrogen-bond donors (Lipinski definition) is 1. The third kappa shape index (κ3) is 5.66. The van der Waals surface area contributed by atoms with Gasteiger partial charge in [-0.1, -0.05) is 6.07 Å². The Morgan fingerprint density at radius 1 is 1.21 bits per heavy atom. The molecule has 9 nitrogen and oxygen atoms in total. The second-order valence-corrected chi connectivity index (χ2v) is 11.0. The van der Waals surface area contributed by atoms with E-state index in [1.807, 2.05) is 26.4 Å². The summed E-state index contributed by atoms with van der Waals surface area (Å²) in [6.45, 7) is 8.31. The fraction of sp³-hybridized carbons (Fsp3) is 0.429. The van der Waals surface area contributed by atoms with Crippen molar-refractivity contribution in [1.82, 2.24) is 29.3 Å². The van der Waals surface area contributed by atoms with Crippen LogP contribution in [0, 0.1) is 6.92 Å². The Morgan fingerprint density at radius 2 is 2.03 bits per heavy atom. The number of ether oxygens (including phenoxy) is 1. The molecule has 38 heavy (non-hydrogen) atoms. The highest BCUT2D eigenvalue weighted by molar-refractivity contribution is 7.20. The highest BCUT2D eigenvalue weighted by atomic mass is 32.1. The van der Waals surface area contributed by atoms with E-state index < -0.39 is 0 Å². The summed E-state index contributed by atoms with van der Waals surface area (Å²) in [6.07, 6.45) is 9.26.